The molecular formula is C25H33N3O5S. The van der Waals surface area contributed by atoms with Crippen molar-refractivity contribution in [2.24, 2.45) is 0 Å². The highest BCUT2D eigenvalue weighted by Crippen LogP contribution is 2.40. The molecule has 184 valence electrons. The number of benzene rings is 2. The fraction of sp³-hybridized carbons (Fsp3) is 0.440. The largest absolute Gasteiger partial charge is 0.497 e. The van der Waals surface area contributed by atoms with Crippen LogP contribution in [0.2, 0.25) is 0 Å². The molecule has 3 aromatic rings. The number of carbonyl (C=O) groups is 1. The molecule has 0 atom stereocenters. The van der Waals surface area contributed by atoms with Crippen molar-refractivity contribution in [3.05, 3.63) is 35.9 Å². The Bertz CT molecular complexity index is 1090. The first-order chi connectivity index (χ1) is 16.4. The molecule has 0 unspecified atom stereocenters. The zero-order chi connectivity index (χ0) is 24.7. The van der Waals surface area contributed by atoms with Gasteiger partial charge >= 0.3 is 0 Å². The summed E-state index contributed by atoms with van der Waals surface area (Å²) in [7, 11) is 5.58. The molecule has 0 N–H and O–H groups in total. The smallest absolute Gasteiger partial charge is 0.260 e. The van der Waals surface area contributed by atoms with Crippen molar-refractivity contribution >= 4 is 32.6 Å². The number of amides is 1. The predicted octanol–water partition coefficient (Wildman–Crippen LogP) is 4.71. The lowest BCUT2D eigenvalue weighted by Gasteiger charge is -2.23. The first-order valence-electron chi connectivity index (χ1n) is 11.4. The van der Waals surface area contributed by atoms with Crippen LogP contribution in [-0.4, -0.2) is 69.9 Å². The van der Waals surface area contributed by atoms with Crippen LogP contribution in [0.15, 0.2) is 30.3 Å². The minimum Gasteiger partial charge on any atom is -0.497 e. The number of rotatable bonds is 12. The Balaban J connectivity index is 2.07. The summed E-state index contributed by atoms with van der Waals surface area (Å²) < 4.78 is 23.7. The van der Waals surface area contributed by atoms with Gasteiger partial charge in [-0.1, -0.05) is 11.3 Å². The average molecular weight is 488 g/mol. The van der Waals surface area contributed by atoms with E-state index in [9.17, 15) is 4.79 Å². The van der Waals surface area contributed by atoms with Gasteiger partial charge in [0.15, 0.2) is 16.6 Å². The first-order valence-corrected chi connectivity index (χ1v) is 12.2. The minimum absolute atomic E-state index is 0.183. The molecule has 8 nitrogen and oxygen atoms in total. The summed E-state index contributed by atoms with van der Waals surface area (Å²) in [6.45, 7) is 8.17. The zero-order valence-corrected chi connectivity index (χ0v) is 21.5. The van der Waals surface area contributed by atoms with Gasteiger partial charge in [0, 0.05) is 18.7 Å². The van der Waals surface area contributed by atoms with E-state index in [1.807, 2.05) is 58.0 Å². The first kappa shape index (κ1) is 25.6. The number of nitrogens with zero attached hydrogens (tertiary/aromatic N) is 3. The van der Waals surface area contributed by atoms with E-state index in [0.29, 0.717) is 60.9 Å². The van der Waals surface area contributed by atoms with Gasteiger partial charge in [0.05, 0.1) is 37.1 Å². The molecule has 0 bridgehead atoms. The van der Waals surface area contributed by atoms with E-state index in [0.717, 1.165) is 16.0 Å². The Hall–Kier alpha value is -3.04. The minimum atomic E-state index is -0.183. The lowest BCUT2D eigenvalue weighted by atomic mass is 10.1. The number of hydrogen-bond donors (Lipinski definition) is 0. The fourth-order valence-electron chi connectivity index (χ4n) is 3.39. The van der Waals surface area contributed by atoms with Crippen molar-refractivity contribution in [1.82, 2.24) is 9.88 Å². The zero-order valence-electron chi connectivity index (χ0n) is 20.7. The molecule has 0 spiro atoms. The van der Waals surface area contributed by atoms with Gasteiger partial charge in [-0.25, -0.2) is 4.98 Å². The van der Waals surface area contributed by atoms with E-state index < -0.39 is 0 Å². The van der Waals surface area contributed by atoms with Gasteiger partial charge in [-0.2, -0.15) is 0 Å². The van der Waals surface area contributed by atoms with Gasteiger partial charge in [0.2, 0.25) is 5.75 Å². The van der Waals surface area contributed by atoms with E-state index >= 15 is 0 Å². The van der Waals surface area contributed by atoms with Crippen LogP contribution in [0.3, 0.4) is 0 Å². The molecule has 1 amide bonds. The van der Waals surface area contributed by atoms with Gasteiger partial charge in [-0.15, -0.1) is 0 Å². The predicted molar refractivity (Wildman–Crippen MR) is 136 cm³/mol. The Labute approximate surface area is 205 Å². The Kier molecular flexibility index (Phi) is 8.95. The van der Waals surface area contributed by atoms with E-state index in [1.165, 1.54) is 11.3 Å². The number of methoxy groups -OCH3 is 1. The number of ether oxygens (including phenoxy) is 4. The fourth-order valence-corrected chi connectivity index (χ4v) is 4.41. The quantitative estimate of drug-likeness (QED) is 0.366. The number of aromatic nitrogens is 1. The molecular weight excluding hydrogens is 454 g/mol. The van der Waals surface area contributed by atoms with Crippen LogP contribution < -0.4 is 23.8 Å². The Morgan fingerprint density at radius 2 is 1.59 bits per heavy atom. The lowest BCUT2D eigenvalue weighted by Crippen LogP contribution is -2.36. The van der Waals surface area contributed by atoms with Crippen molar-refractivity contribution < 1.29 is 23.7 Å². The maximum absolute atomic E-state index is 13.8. The van der Waals surface area contributed by atoms with Crippen LogP contribution in [0.25, 0.3) is 10.2 Å². The number of hydrogen-bond acceptors (Lipinski definition) is 8. The maximum Gasteiger partial charge on any atom is 0.260 e. The summed E-state index contributed by atoms with van der Waals surface area (Å²) in [5, 5.41) is 0.625. The second-order valence-corrected chi connectivity index (χ2v) is 8.70. The molecule has 1 aromatic heterocycles. The summed E-state index contributed by atoms with van der Waals surface area (Å²) in [5.74, 6) is 2.05. The third-order valence-electron chi connectivity index (χ3n) is 4.99. The van der Waals surface area contributed by atoms with Crippen LogP contribution in [0.5, 0.6) is 23.0 Å². The molecule has 0 aliphatic rings. The average Bonchev–Trinajstić information content (AvgIpc) is 3.23. The van der Waals surface area contributed by atoms with E-state index in [2.05, 4.69) is 0 Å². The summed E-state index contributed by atoms with van der Waals surface area (Å²) in [5.41, 5.74) is 1.27. The third kappa shape index (κ3) is 5.90. The third-order valence-corrected chi connectivity index (χ3v) is 6.03. The molecule has 0 saturated heterocycles. The molecule has 3 rings (SSSR count). The lowest BCUT2D eigenvalue weighted by molar-refractivity contribution is 0.0984. The number of likely N-dealkylation sites (N-methyl/N-ethyl adjacent to an activating group) is 1. The Morgan fingerprint density at radius 1 is 0.941 bits per heavy atom. The van der Waals surface area contributed by atoms with E-state index in [1.54, 1.807) is 24.1 Å². The molecule has 34 heavy (non-hydrogen) atoms. The second kappa shape index (κ2) is 11.9. The monoisotopic (exact) mass is 487 g/mol. The number of fused-ring (bicyclic) bond motifs is 1. The van der Waals surface area contributed by atoms with Gasteiger partial charge in [0.1, 0.15) is 5.75 Å². The number of carbonyl (C=O) groups excluding carboxylic acids is 1. The molecule has 1 heterocycles. The topological polar surface area (TPSA) is 73.4 Å². The van der Waals surface area contributed by atoms with Gasteiger partial charge < -0.3 is 23.8 Å². The highest BCUT2D eigenvalue weighted by Gasteiger charge is 2.25. The molecule has 0 fully saturated rings. The van der Waals surface area contributed by atoms with Crippen molar-refractivity contribution in [2.45, 2.75) is 20.8 Å². The van der Waals surface area contributed by atoms with Crippen LogP contribution in [0.1, 0.15) is 31.1 Å². The summed E-state index contributed by atoms with van der Waals surface area (Å²) in [6, 6.07) is 9.14. The molecule has 9 heteroatoms. The van der Waals surface area contributed by atoms with Crippen LogP contribution in [0, 0.1) is 0 Å². The summed E-state index contributed by atoms with van der Waals surface area (Å²) >= 11 is 1.46. The molecule has 0 aliphatic carbocycles. The van der Waals surface area contributed by atoms with Gasteiger partial charge in [0.25, 0.3) is 5.91 Å². The van der Waals surface area contributed by atoms with Gasteiger partial charge in [-0.05, 0) is 65.2 Å². The maximum atomic E-state index is 13.8. The second-order valence-electron chi connectivity index (χ2n) is 7.69. The summed E-state index contributed by atoms with van der Waals surface area (Å²) in [6.07, 6.45) is 0. The van der Waals surface area contributed by atoms with Crippen molar-refractivity contribution in [3.8, 4) is 23.0 Å². The van der Waals surface area contributed by atoms with Crippen LogP contribution in [0.4, 0.5) is 5.13 Å². The van der Waals surface area contributed by atoms with Crippen LogP contribution >= 0.6 is 11.3 Å². The standard InChI is InChI=1S/C25H33N3O5S/c1-7-31-20-14-17(15-21(32-8-2)23(20)33-9-3)24(29)28(13-12-27(4)5)25-26-19-11-10-18(30-6)16-22(19)34-25/h10-11,14-16H,7-9,12-13H2,1-6H3. The van der Waals surface area contributed by atoms with E-state index in [4.69, 9.17) is 23.9 Å². The van der Waals surface area contributed by atoms with Crippen molar-refractivity contribution in [3.63, 3.8) is 0 Å². The highest BCUT2D eigenvalue weighted by molar-refractivity contribution is 7.22. The SMILES string of the molecule is CCOc1cc(C(=O)N(CCN(C)C)c2nc3ccc(OC)cc3s2)cc(OCC)c1OCC. The van der Waals surface area contributed by atoms with Crippen LogP contribution in [-0.2, 0) is 0 Å². The Morgan fingerprint density at radius 3 is 2.15 bits per heavy atom. The molecule has 0 aliphatic heterocycles. The van der Waals surface area contributed by atoms with Crippen molar-refractivity contribution in [2.75, 3.05) is 59.0 Å². The summed E-state index contributed by atoms with van der Waals surface area (Å²) in [4.78, 5) is 22.3. The molecule has 2 aromatic carbocycles. The highest BCUT2D eigenvalue weighted by atomic mass is 32.1. The number of anilines is 1. The molecule has 0 saturated carbocycles. The van der Waals surface area contributed by atoms with E-state index in [-0.39, 0.29) is 5.91 Å². The molecule has 0 radical (unpaired) electrons. The van der Waals surface area contributed by atoms with Crippen molar-refractivity contribution in [1.29, 1.82) is 0 Å². The van der Waals surface area contributed by atoms with Gasteiger partial charge in [-0.3, -0.25) is 9.69 Å². The normalized spacial score (nSPS) is 11.0. The number of thiazole rings is 1.